The van der Waals surface area contributed by atoms with Crippen molar-refractivity contribution in [2.45, 2.75) is 13.8 Å². The van der Waals surface area contributed by atoms with Gasteiger partial charge >= 0.3 is 9.05 Å². The Morgan fingerprint density at radius 3 is 1.67 bits per heavy atom. The minimum atomic E-state index is -2.78. The van der Waals surface area contributed by atoms with E-state index in [1.54, 1.807) is 0 Å². The van der Waals surface area contributed by atoms with Gasteiger partial charge in [0.2, 0.25) is 0 Å². The van der Waals surface area contributed by atoms with E-state index in [0.29, 0.717) is 12.5 Å². The summed E-state index contributed by atoms with van der Waals surface area (Å²) < 4.78 is 20.6. The van der Waals surface area contributed by atoms with Crippen molar-refractivity contribution in [2.24, 2.45) is 5.92 Å². The van der Waals surface area contributed by atoms with Crippen molar-refractivity contribution in [3.05, 3.63) is 0 Å². The third-order valence-electron chi connectivity index (χ3n) is 1.34. The summed E-state index contributed by atoms with van der Waals surface area (Å²) in [4.78, 5) is 0. The molecule has 0 fully saturated rings. The van der Waals surface area contributed by atoms with Gasteiger partial charge in [-0.25, -0.2) is 0 Å². The van der Waals surface area contributed by atoms with Crippen molar-refractivity contribution in [3.63, 3.8) is 0 Å². The van der Waals surface area contributed by atoms with Crippen LogP contribution in [0.3, 0.4) is 0 Å². The van der Waals surface area contributed by atoms with Crippen LogP contribution in [-0.4, -0.2) is 37.0 Å². The van der Waals surface area contributed by atoms with Crippen LogP contribution in [0, 0.1) is 5.92 Å². The lowest BCUT2D eigenvalue weighted by atomic mass is 10.2. The van der Waals surface area contributed by atoms with Gasteiger partial charge in [0.1, 0.15) is 0 Å². The first-order valence-corrected chi connectivity index (χ1v) is 5.53. The van der Waals surface area contributed by atoms with Crippen LogP contribution < -0.4 is 0 Å². The molecule has 0 aliphatic rings. The minimum Gasteiger partial charge on any atom is -0.355 e. The summed E-state index contributed by atoms with van der Waals surface area (Å²) in [5, 5.41) is 0. The molecule has 0 heterocycles. The molecule has 0 aliphatic heterocycles. The van der Waals surface area contributed by atoms with Gasteiger partial charge in [-0.1, -0.05) is 13.8 Å². The molecule has 0 atom stereocenters. The molecule has 0 aliphatic carbocycles. The van der Waals surface area contributed by atoms with E-state index in [0.717, 1.165) is 0 Å². The van der Waals surface area contributed by atoms with E-state index in [4.69, 9.17) is 17.7 Å². The van der Waals surface area contributed by atoms with Gasteiger partial charge in [-0.3, -0.25) is 0 Å². The number of hydrogen-bond acceptors (Lipinski definition) is 4. The summed E-state index contributed by atoms with van der Waals surface area (Å²) in [7, 11) is 1.80. The van der Waals surface area contributed by atoms with Gasteiger partial charge in [0.15, 0.2) is 0 Å². The highest BCUT2D eigenvalue weighted by molar-refractivity contribution is 6.53. The Kier molecular flexibility index (Phi) is 5.69. The van der Waals surface area contributed by atoms with Gasteiger partial charge in [0, 0.05) is 27.9 Å². The second-order valence-electron chi connectivity index (χ2n) is 2.82. The SMILES string of the molecule is CO[Si](OC)(OC)OCC(C)C. The summed E-state index contributed by atoms with van der Waals surface area (Å²) in [5.41, 5.74) is 0. The van der Waals surface area contributed by atoms with Crippen LogP contribution in [0.1, 0.15) is 13.8 Å². The molecule has 5 heteroatoms. The molecule has 0 unspecified atom stereocenters. The molecule has 0 aromatic heterocycles. The van der Waals surface area contributed by atoms with Gasteiger partial charge in [0.05, 0.1) is 0 Å². The largest absolute Gasteiger partial charge is 0.678 e. The van der Waals surface area contributed by atoms with Crippen LogP contribution in [0.4, 0.5) is 0 Å². The maximum Gasteiger partial charge on any atom is 0.678 e. The standard InChI is InChI=1S/C7H18O4Si/c1-7(2)6-11-12(8-3,9-4)10-5/h7H,6H2,1-5H3. The lowest BCUT2D eigenvalue weighted by molar-refractivity contribution is -0.000536. The fourth-order valence-corrected chi connectivity index (χ4v) is 2.09. The van der Waals surface area contributed by atoms with E-state index in [1.807, 2.05) is 0 Å². The maximum absolute atomic E-state index is 5.41. The number of rotatable bonds is 6. The van der Waals surface area contributed by atoms with Crippen molar-refractivity contribution in [1.82, 2.24) is 0 Å². The quantitative estimate of drug-likeness (QED) is 0.592. The third-order valence-corrected chi connectivity index (χ3v) is 3.36. The molecule has 4 nitrogen and oxygen atoms in total. The van der Waals surface area contributed by atoms with Gasteiger partial charge in [-0.15, -0.1) is 0 Å². The molecule has 0 amide bonds. The van der Waals surface area contributed by atoms with E-state index >= 15 is 0 Å². The Hall–Kier alpha value is 0.0569. The zero-order valence-corrected chi connectivity index (χ0v) is 9.42. The Bertz CT molecular complexity index is 106. The molecule has 0 rings (SSSR count). The maximum atomic E-state index is 5.41. The molecule has 0 N–H and O–H groups in total. The van der Waals surface area contributed by atoms with E-state index in [2.05, 4.69) is 13.8 Å². The van der Waals surface area contributed by atoms with E-state index in [9.17, 15) is 0 Å². The first-order chi connectivity index (χ1) is 5.60. The topological polar surface area (TPSA) is 36.9 Å². The fraction of sp³-hybridized carbons (Fsp3) is 1.00. The van der Waals surface area contributed by atoms with Crippen LogP contribution in [0.25, 0.3) is 0 Å². The number of hydrogen-bond donors (Lipinski definition) is 0. The van der Waals surface area contributed by atoms with Crippen LogP contribution in [0.2, 0.25) is 0 Å². The predicted molar refractivity (Wildman–Crippen MR) is 47.6 cm³/mol. The van der Waals surface area contributed by atoms with Crippen molar-refractivity contribution >= 4 is 9.05 Å². The van der Waals surface area contributed by atoms with Crippen molar-refractivity contribution < 1.29 is 17.7 Å². The summed E-state index contributed by atoms with van der Waals surface area (Å²) in [5.74, 6) is 0.442. The molecule has 0 aromatic rings. The molecule has 74 valence electrons. The first-order valence-electron chi connectivity index (χ1n) is 3.89. The molecule has 0 radical (unpaired) electrons. The molecular formula is C7H18O4Si. The molecule has 0 spiro atoms. The van der Waals surface area contributed by atoms with E-state index in [-0.39, 0.29) is 0 Å². The van der Waals surface area contributed by atoms with Crippen LogP contribution in [0.15, 0.2) is 0 Å². The van der Waals surface area contributed by atoms with E-state index in [1.165, 1.54) is 21.3 Å². The van der Waals surface area contributed by atoms with Gasteiger partial charge in [-0.2, -0.15) is 0 Å². The first kappa shape index (κ1) is 12.1. The second-order valence-corrected chi connectivity index (χ2v) is 5.33. The summed E-state index contributed by atoms with van der Waals surface area (Å²) >= 11 is 0. The normalized spacial score (nSPS) is 12.5. The van der Waals surface area contributed by atoms with Crippen LogP contribution in [0.5, 0.6) is 0 Å². The Morgan fingerprint density at radius 1 is 1.00 bits per heavy atom. The molecular weight excluding hydrogens is 176 g/mol. The fourth-order valence-electron chi connectivity index (χ4n) is 0.696. The van der Waals surface area contributed by atoms with Gasteiger partial charge in [0.25, 0.3) is 0 Å². The molecule has 0 saturated carbocycles. The Labute approximate surface area is 75.3 Å². The zero-order valence-electron chi connectivity index (χ0n) is 8.42. The third kappa shape index (κ3) is 3.64. The zero-order chi connectivity index (χ0) is 9.61. The Morgan fingerprint density at radius 2 is 1.42 bits per heavy atom. The highest BCUT2D eigenvalue weighted by atomic mass is 28.4. The van der Waals surface area contributed by atoms with Gasteiger partial charge < -0.3 is 17.7 Å². The van der Waals surface area contributed by atoms with E-state index < -0.39 is 9.05 Å². The van der Waals surface area contributed by atoms with Crippen molar-refractivity contribution in [2.75, 3.05) is 27.9 Å². The van der Waals surface area contributed by atoms with Gasteiger partial charge in [-0.05, 0) is 5.92 Å². The smallest absolute Gasteiger partial charge is 0.355 e. The molecule has 0 aromatic carbocycles. The average Bonchev–Trinajstić information content (AvgIpc) is 2.08. The highest BCUT2D eigenvalue weighted by Crippen LogP contribution is 2.09. The minimum absolute atomic E-state index is 0.442. The summed E-state index contributed by atoms with van der Waals surface area (Å²) in [6.07, 6.45) is 0. The lowest BCUT2D eigenvalue weighted by Gasteiger charge is -2.23. The van der Waals surface area contributed by atoms with Crippen LogP contribution >= 0.6 is 0 Å². The highest BCUT2D eigenvalue weighted by Gasteiger charge is 2.42. The average molecular weight is 194 g/mol. The monoisotopic (exact) mass is 194 g/mol. The molecule has 0 bridgehead atoms. The lowest BCUT2D eigenvalue weighted by Crippen LogP contribution is -2.47. The predicted octanol–water partition coefficient (Wildman–Crippen LogP) is 1.03. The molecule has 0 saturated heterocycles. The second kappa shape index (κ2) is 5.66. The van der Waals surface area contributed by atoms with Crippen molar-refractivity contribution in [1.29, 1.82) is 0 Å². The summed E-state index contributed by atoms with van der Waals surface area (Å²) in [6.45, 7) is 4.70. The molecule has 12 heavy (non-hydrogen) atoms. The van der Waals surface area contributed by atoms with Crippen LogP contribution in [-0.2, 0) is 17.7 Å². The van der Waals surface area contributed by atoms with Crippen molar-refractivity contribution in [3.8, 4) is 0 Å². The Balaban J connectivity index is 3.93. The summed E-state index contributed by atoms with van der Waals surface area (Å²) in [6, 6.07) is 0.